The van der Waals surface area contributed by atoms with E-state index in [0.29, 0.717) is 0 Å². The Kier molecular flexibility index (Phi) is 2.22. The van der Waals surface area contributed by atoms with Crippen molar-refractivity contribution in [2.45, 2.75) is 0 Å². The predicted molar refractivity (Wildman–Crippen MR) is 47.5 cm³/mol. The average Bonchev–Trinajstić information content (AvgIpc) is 2.30. The predicted octanol–water partition coefficient (Wildman–Crippen LogP) is 0.498. The van der Waals surface area contributed by atoms with E-state index in [1.165, 1.54) is 24.8 Å². The van der Waals surface area contributed by atoms with Crippen LogP contribution in [-0.2, 0) is 0 Å². The molecule has 2 aromatic rings. The third-order valence-corrected chi connectivity index (χ3v) is 1.54. The molecule has 0 atom stereocenters. The summed E-state index contributed by atoms with van der Waals surface area (Å²) >= 11 is 0. The molecule has 14 heavy (non-hydrogen) atoms. The summed E-state index contributed by atoms with van der Waals surface area (Å²) in [6.07, 6.45) is 6.01. The summed E-state index contributed by atoms with van der Waals surface area (Å²) in [4.78, 5) is 26.9. The van der Waals surface area contributed by atoms with Crippen molar-refractivity contribution in [1.29, 1.82) is 0 Å². The highest BCUT2D eigenvalue weighted by Crippen LogP contribution is 1.97. The normalized spacial score (nSPS) is 9.71. The minimum atomic E-state index is -0.369. The van der Waals surface area contributed by atoms with Crippen molar-refractivity contribution in [2.24, 2.45) is 0 Å². The lowest BCUT2D eigenvalue weighted by Gasteiger charge is -1.95. The average molecular weight is 186 g/mol. The first-order valence-electron chi connectivity index (χ1n) is 3.96. The van der Waals surface area contributed by atoms with Gasteiger partial charge in [-0.25, -0.2) is 19.9 Å². The standard InChI is InChI=1S/C9H6N4O/c14-7(8-10-3-1-4-11-8)9-12-5-2-6-13-9/h1-6H. The molecule has 0 N–H and O–H groups in total. The molecular formula is C9H6N4O. The quantitative estimate of drug-likeness (QED) is 0.638. The van der Waals surface area contributed by atoms with Gasteiger partial charge in [-0.05, 0) is 12.1 Å². The van der Waals surface area contributed by atoms with Crippen LogP contribution in [0.1, 0.15) is 16.4 Å². The van der Waals surface area contributed by atoms with E-state index < -0.39 is 0 Å². The maximum absolute atomic E-state index is 11.6. The van der Waals surface area contributed by atoms with Gasteiger partial charge in [-0.3, -0.25) is 4.79 Å². The molecular weight excluding hydrogens is 180 g/mol. The maximum atomic E-state index is 11.6. The fraction of sp³-hybridized carbons (Fsp3) is 0. The largest absolute Gasteiger partial charge is 0.281 e. The molecule has 0 fully saturated rings. The second-order valence-electron chi connectivity index (χ2n) is 2.47. The lowest BCUT2D eigenvalue weighted by atomic mass is 10.3. The topological polar surface area (TPSA) is 68.6 Å². The van der Waals surface area contributed by atoms with Gasteiger partial charge < -0.3 is 0 Å². The van der Waals surface area contributed by atoms with Gasteiger partial charge in [-0.15, -0.1) is 0 Å². The van der Waals surface area contributed by atoms with Crippen LogP contribution < -0.4 is 0 Å². The Hall–Kier alpha value is -2.17. The van der Waals surface area contributed by atoms with Crippen LogP contribution in [0, 0.1) is 0 Å². The zero-order valence-electron chi connectivity index (χ0n) is 7.16. The van der Waals surface area contributed by atoms with Crippen molar-refractivity contribution < 1.29 is 4.79 Å². The fourth-order valence-electron chi connectivity index (χ4n) is 0.933. The molecule has 5 nitrogen and oxygen atoms in total. The summed E-state index contributed by atoms with van der Waals surface area (Å²) in [5.41, 5.74) is 0. The molecule has 0 bridgehead atoms. The molecule has 2 aromatic heterocycles. The number of hydrogen-bond donors (Lipinski definition) is 0. The second kappa shape index (κ2) is 3.69. The van der Waals surface area contributed by atoms with Gasteiger partial charge in [0.15, 0.2) is 0 Å². The van der Waals surface area contributed by atoms with Crippen LogP contribution in [0.2, 0.25) is 0 Å². The molecule has 0 aliphatic heterocycles. The van der Waals surface area contributed by atoms with E-state index in [0.717, 1.165) is 0 Å². The third-order valence-electron chi connectivity index (χ3n) is 1.54. The molecule has 5 heteroatoms. The van der Waals surface area contributed by atoms with E-state index in [4.69, 9.17) is 0 Å². The van der Waals surface area contributed by atoms with E-state index in [2.05, 4.69) is 19.9 Å². The first-order valence-corrected chi connectivity index (χ1v) is 3.96. The monoisotopic (exact) mass is 186 g/mol. The molecule has 2 heterocycles. The molecule has 0 aliphatic carbocycles. The van der Waals surface area contributed by atoms with Crippen LogP contribution in [0.5, 0.6) is 0 Å². The van der Waals surface area contributed by atoms with Crippen molar-refractivity contribution in [3.05, 3.63) is 48.6 Å². The molecule has 0 spiro atoms. The third kappa shape index (κ3) is 1.61. The number of hydrogen-bond acceptors (Lipinski definition) is 5. The molecule has 0 radical (unpaired) electrons. The number of carbonyl (C=O) groups excluding carboxylic acids is 1. The highest BCUT2D eigenvalue weighted by Gasteiger charge is 2.13. The number of carbonyl (C=O) groups is 1. The van der Waals surface area contributed by atoms with E-state index in [-0.39, 0.29) is 17.4 Å². The van der Waals surface area contributed by atoms with Gasteiger partial charge in [0.25, 0.3) is 5.78 Å². The summed E-state index contributed by atoms with van der Waals surface area (Å²) in [5, 5.41) is 0. The number of ketones is 1. The number of rotatable bonds is 2. The molecule has 0 aromatic carbocycles. The fourth-order valence-corrected chi connectivity index (χ4v) is 0.933. The van der Waals surface area contributed by atoms with Crippen molar-refractivity contribution in [1.82, 2.24) is 19.9 Å². The Bertz CT molecular complexity index is 388. The Morgan fingerprint density at radius 1 is 0.786 bits per heavy atom. The van der Waals surface area contributed by atoms with Gasteiger partial charge in [0.05, 0.1) is 0 Å². The molecule has 0 amide bonds. The van der Waals surface area contributed by atoms with E-state index in [1.54, 1.807) is 12.1 Å². The van der Waals surface area contributed by atoms with Crippen molar-refractivity contribution in [3.8, 4) is 0 Å². The van der Waals surface area contributed by atoms with Crippen LogP contribution >= 0.6 is 0 Å². The lowest BCUT2D eigenvalue weighted by Crippen LogP contribution is -2.09. The van der Waals surface area contributed by atoms with Crippen LogP contribution in [0.4, 0.5) is 0 Å². The SMILES string of the molecule is O=C(c1ncccn1)c1ncccn1. The number of nitrogens with zero attached hydrogens (tertiary/aromatic N) is 4. The molecule has 0 saturated heterocycles. The van der Waals surface area contributed by atoms with Gasteiger partial charge in [0, 0.05) is 24.8 Å². The zero-order chi connectivity index (χ0) is 9.80. The van der Waals surface area contributed by atoms with Crippen LogP contribution in [0.3, 0.4) is 0 Å². The lowest BCUT2D eigenvalue weighted by molar-refractivity contribution is 0.102. The van der Waals surface area contributed by atoms with Gasteiger partial charge in [-0.2, -0.15) is 0 Å². The smallest absolute Gasteiger partial charge is 0.267 e. The highest BCUT2D eigenvalue weighted by atomic mass is 16.1. The zero-order valence-corrected chi connectivity index (χ0v) is 7.16. The molecule has 68 valence electrons. The Labute approximate surface area is 79.9 Å². The van der Waals surface area contributed by atoms with Gasteiger partial charge in [0.1, 0.15) is 0 Å². The van der Waals surface area contributed by atoms with E-state index >= 15 is 0 Å². The Morgan fingerprint density at radius 3 is 1.50 bits per heavy atom. The maximum Gasteiger partial charge on any atom is 0.267 e. The molecule has 2 rings (SSSR count). The summed E-state index contributed by atoms with van der Waals surface area (Å²) < 4.78 is 0. The summed E-state index contributed by atoms with van der Waals surface area (Å²) in [5.74, 6) is -0.149. The van der Waals surface area contributed by atoms with Gasteiger partial charge >= 0.3 is 0 Å². The van der Waals surface area contributed by atoms with E-state index in [9.17, 15) is 4.79 Å². The molecule has 0 unspecified atom stereocenters. The molecule has 0 aliphatic rings. The van der Waals surface area contributed by atoms with Crippen LogP contribution in [-0.4, -0.2) is 25.7 Å². The van der Waals surface area contributed by atoms with Gasteiger partial charge in [0.2, 0.25) is 11.6 Å². The minimum Gasteiger partial charge on any atom is -0.281 e. The summed E-state index contributed by atoms with van der Waals surface area (Å²) in [6.45, 7) is 0. The Morgan fingerprint density at radius 2 is 1.14 bits per heavy atom. The van der Waals surface area contributed by atoms with Crippen molar-refractivity contribution in [2.75, 3.05) is 0 Å². The molecule has 0 saturated carbocycles. The van der Waals surface area contributed by atoms with E-state index in [1.807, 2.05) is 0 Å². The second-order valence-corrected chi connectivity index (χ2v) is 2.47. The van der Waals surface area contributed by atoms with Crippen molar-refractivity contribution >= 4 is 5.78 Å². The Balaban J connectivity index is 2.35. The number of aromatic nitrogens is 4. The van der Waals surface area contributed by atoms with Crippen LogP contribution in [0.15, 0.2) is 36.9 Å². The summed E-state index contributed by atoms with van der Waals surface area (Å²) in [6, 6.07) is 3.28. The first kappa shape index (κ1) is 8.43. The van der Waals surface area contributed by atoms with Gasteiger partial charge in [-0.1, -0.05) is 0 Å². The first-order chi connectivity index (χ1) is 6.88. The highest BCUT2D eigenvalue weighted by molar-refractivity contribution is 6.03. The summed E-state index contributed by atoms with van der Waals surface area (Å²) in [7, 11) is 0. The minimum absolute atomic E-state index is 0.110. The van der Waals surface area contributed by atoms with Crippen molar-refractivity contribution in [3.63, 3.8) is 0 Å². The van der Waals surface area contributed by atoms with Crippen LogP contribution in [0.25, 0.3) is 0 Å².